The normalized spacial score (nSPS) is 11.0. The summed E-state index contributed by atoms with van der Waals surface area (Å²) in [6.07, 6.45) is -2.89. The van der Waals surface area contributed by atoms with Crippen LogP contribution in [0.15, 0.2) is 54.7 Å². The number of halogens is 3. The zero-order valence-corrected chi connectivity index (χ0v) is 12.8. The molecule has 26 heavy (non-hydrogen) atoms. The zero-order valence-electron chi connectivity index (χ0n) is 12.8. The number of pyridine rings is 1. The third-order valence-corrected chi connectivity index (χ3v) is 3.73. The summed E-state index contributed by atoms with van der Waals surface area (Å²) in [5, 5.41) is 13.5. The number of phenols is 1. The molecule has 2 N–H and O–H groups in total. The molecule has 0 aliphatic heterocycles. The Kier molecular flexibility index (Phi) is 5.50. The van der Waals surface area contributed by atoms with Gasteiger partial charge in [-0.05, 0) is 29.8 Å². The third kappa shape index (κ3) is 3.93. The van der Waals surface area contributed by atoms with Gasteiger partial charge in [0.1, 0.15) is 5.52 Å². The fourth-order valence-electron chi connectivity index (χ4n) is 2.40. The predicted octanol–water partition coefficient (Wildman–Crippen LogP) is 4.53. The average Bonchev–Trinajstić information content (AvgIpc) is 2.60. The summed E-state index contributed by atoms with van der Waals surface area (Å²) in [5.41, 5.74) is 0.128. The second-order valence-corrected chi connectivity index (χ2v) is 5.41. The van der Waals surface area contributed by atoms with Gasteiger partial charge in [0, 0.05) is 18.1 Å². The van der Waals surface area contributed by atoms with Crippen molar-refractivity contribution in [1.82, 2.24) is 10.3 Å². The lowest BCUT2D eigenvalue weighted by Crippen LogP contribution is -2.23. The van der Waals surface area contributed by atoms with Gasteiger partial charge in [-0.2, -0.15) is 13.2 Å². The first-order valence-electron chi connectivity index (χ1n) is 7.37. The molecule has 0 saturated heterocycles. The monoisotopic (exact) mass is 362 g/mol. The van der Waals surface area contributed by atoms with Crippen LogP contribution < -0.4 is 5.32 Å². The highest BCUT2D eigenvalue weighted by atomic mass is 19.4. The summed E-state index contributed by atoms with van der Waals surface area (Å²) in [6, 6.07) is 11.1. The molecular weight excluding hydrogens is 345 g/mol. The van der Waals surface area contributed by atoms with E-state index in [1.807, 2.05) is 0 Å². The molecule has 0 aliphatic carbocycles. The van der Waals surface area contributed by atoms with Crippen LogP contribution in [-0.4, -0.2) is 16.0 Å². The molecule has 3 rings (SSSR count). The Morgan fingerprint density at radius 3 is 2.42 bits per heavy atom. The average molecular weight is 362 g/mol. The number of carbonyl (C=O) groups is 1. The summed E-state index contributed by atoms with van der Waals surface area (Å²) in [4.78, 5) is 16.3. The van der Waals surface area contributed by atoms with Crippen LogP contribution in [-0.2, 0) is 12.7 Å². The van der Waals surface area contributed by atoms with Crippen molar-refractivity contribution in [2.75, 3.05) is 0 Å². The van der Waals surface area contributed by atoms with Crippen molar-refractivity contribution in [3.63, 3.8) is 0 Å². The summed E-state index contributed by atoms with van der Waals surface area (Å²) in [7, 11) is 0. The third-order valence-electron chi connectivity index (χ3n) is 3.73. The number of nitrogens with zero attached hydrogens (tertiary/aromatic N) is 1. The minimum Gasteiger partial charge on any atom is -0.505 e. The van der Waals surface area contributed by atoms with Gasteiger partial charge in [-0.1, -0.05) is 31.7 Å². The second kappa shape index (κ2) is 7.43. The van der Waals surface area contributed by atoms with Crippen molar-refractivity contribution in [2.24, 2.45) is 0 Å². The van der Waals surface area contributed by atoms with Gasteiger partial charge in [0.05, 0.1) is 11.1 Å². The Balaban J connectivity index is 0.00000243. The molecule has 0 fully saturated rings. The largest absolute Gasteiger partial charge is 0.505 e. The SMILES string of the molecule is C.O=C(NCc1ccc(C(F)(F)F)cc1)c1ccc2cccnc2c1O. The molecule has 1 heterocycles. The molecule has 4 nitrogen and oxygen atoms in total. The van der Waals surface area contributed by atoms with Crippen molar-refractivity contribution in [3.05, 3.63) is 71.4 Å². The lowest BCUT2D eigenvalue weighted by atomic mass is 10.1. The van der Waals surface area contributed by atoms with Gasteiger partial charge in [0.25, 0.3) is 5.91 Å². The van der Waals surface area contributed by atoms with E-state index in [1.165, 1.54) is 24.4 Å². The second-order valence-electron chi connectivity index (χ2n) is 5.41. The van der Waals surface area contributed by atoms with E-state index in [4.69, 9.17) is 0 Å². The lowest BCUT2D eigenvalue weighted by molar-refractivity contribution is -0.137. The number of alkyl halides is 3. The number of rotatable bonds is 3. The Morgan fingerprint density at radius 1 is 1.08 bits per heavy atom. The standard InChI is InChI=1S/C18H13F3N2O2.CH4/c19-18(20,21)13-6-3-11(4-7-13)10-23-17(25)14-8-5-12-2-1-9-22-15(12)16(14)24;/h1-9,24H,10H2,(H,23,25);1H4. The minimum absolute atomic E-state index is 0. The highest BCUT2D eigenvalue weighted by Gasteiger charge is 2.29. The first-order valence-corrected chi connectivity index (χ1v) is 7.37. The smallest absolute Gasteiger partial charge is 0.416 e. The Morgan fingerprint density at radius 2 is 1.77 bits per heavy atom. The van der Waals surface area contributed by atoms with Crippen LogP contribution in [0.4, 0.5) is 13.2 Å². The molecule has 0 aliphatic rings. The minimum atomic E-state index is -4.40. The molecule has 1 amide bonds. The Hall–Kier alpha value is -3.09. The van der Waals surface area contributed by atoms with Crippen molar-refractivity contribution in [1.29, 1.82) is 0 Å². The molecule has 0 saturated carbocycles. The van der Waals surface area contributed by atoms with Gasteiger partial charge >= 0.3 is 6.18 Å². The number of hydrogen-bond acceptors (Lipinski definition) is 3. The predicted molar refractivity (Wildman–Crippen MR) is 92.8 cm³/mol. The fraction of sp³-hybridized carbons (Fsp3) is 0.158. The highest BCUT2D eigenvalue weighted by Crippen LogP contribution is 2.29. The molecule has 136 valence electrons. The first-order chi connectivity index (χ1) is 11.9. The summed E-state index contributed by atoms with van der Waals surface area (Å²) in [6.45, 7) is 0.0384. The number of benzene rings is 2. The molecule has 0 unspecified atom stereocenters. The van der Waals surface area contributed by atoms with Crippen LogP contribution in [0.1, 0.15) is 28.9 Å². The van der Waals surface area contributed by atoms with Crippen LogP contribution in [0.2, 0.25) is 0 Å². The molecule has 0 atom stereocenters. The van der Waals surface area contributed by atoms with Crippen LogP contribution >= 0.6 is 0 Å². The Labute approximate surface area is 148 Å². The Bertz CT molecular complexity index is 922. The topological polar surface area (TPSA) is 62.2 Å². The molecular formula is C19H17F3N2O2. The van der Waals surface area contributed by atoms with Crippen LogP contribution in [0.25, 0.3) is 10.9 Å². The zero-order chi connectivity index (χ0) is 18.0. The number of carbonyl (C=O) groups excluding carboxylic acids is 1. The summed E-state index contributed by atoms with van der Waals surface area (Å²) >= 11 is 0. The van der Waals surface area contributed by atoms with Crippen molar-refractivity contribution in [3.8, 4) is 5.75 Å². The van der Waals surface area contributed by atoms with Gasteiger partial charge in [-0.25, -0.2) is 0 Å². The van der Waals surface area contributed by atoms with Crippen LogP contribution in [0.3, 0.4) is 0 Å². The molecule has 0 radical (unpaired) electrons. The summed E-state index contributed by atoms with van der Waals surface area (Å²) in [5.74, 6) is -0.770. The van der Waals surface area contributed by atoms with E-state index in [2.05, 4.69) is 10.3 Å². The van der Waals surface area contributed by atoms with Crippen LogP contribution in [0.5, 0.6) is 5.75 Å². The highest BCUT2D eigenvalue weighted by molar-refractivity contribution is 6.02. The maximum Gasteiger partial charge on any atom is 0.416 e. The van der Waals surface area contributed by atoms with E-state index in [0.717, 1.165) is 12.1 Å². The van der Waals surface area contributed by atoms with E-state index >= 15 is 0 Å². The number of fused-ring (bicyclic) bond motifs is 1. The fourth-order valence-corrected chi connectivity index (χ4v) is 2.40. The molecule has 0 bridgehead atoms. The van der Waals surface area contributed by atoms with E-state index in [1.54, 1.807) is 18.2 Å². The first kappa shape index (κ1) is 19.2. The van der Waals surface area contributed by atoms with E-state index < -0.39 is 17.6 Å². The van der Waals surface area contributed by atoms with Gasteiger partial charge in [-0.15, -0.1) is 0 Å². The number of phenolic OH excluding ortho intramolecular Hbond substituents is 1. The lowest BCUT2D eigenvalue weighted by Gasteiger charge is -2.10. The number of hydrogen-bond donors (Lipinski definition) is 2. The van der Waals surface area contributed by atoms with Gasteiger partial charge in [0.2, 0.25) is 0 Å². The maximum atomic E-state index is 12.5. The number of aromatic hydroxyl groups is 1. The maximum absolute atomic E-state index is 12.5. The summed E-state index contributed by atoms with van der Waals surface area (Å²) < 4.78 is 37.6. The van der Waals surface area contributed by atoms with Crippen molar-refractivity contribution >= 4 is 16.8 Å². The molecule has 2 aromatic carbocycles. The van der Waals surface area contributed by atoms with Gasteiger partial charge in [-0.3, -0.25) is 9.78 Å². The van der Waals surface area contributed by atoms with Crippen LogP contribution in [0, 0.1) is 0 Å². The molecule has 1 aromatic heterocycles. The molecule has 7 heteroatoms. The number of nitrogens with one attached hydrogen (secondary N) is 1. The molecule has 3 aromatic rings. The quantitative estimate of drug-likeness (QED) is 0.720. The van der Waals surface area contributed by atoms with Gasteiger partial charge in [0.15, 0.2) is 5.75 Å². The molecule has 0 spiro atoms. The van der Waals surface area contributed by atoms with E-state index in [0.29, 0.717) is 16.5 Å². The van der Waals surface area contributed by atoms with Crippen molar-refractivity contribution in [2.45, 2.75) is 20.1 Å². The van der Waals surface area contributed by atoms with E-state index in [9.17, 15) is 23.1 Å². The number of amides is 1. The van der Waals surface area contributed by atoms with Gasteiger partial charge < -0.3 is 10.4 Å². The van der Waals surface area contributed by atoms with Crippen molar-refractivity contribution < 1.29 is 23.1 Å². The number of aromatic nitrogens is 1. The van der Waals surface area contributed by atoms with E-state index in [-0.39, 0.29) is 25.3 Å².